The summed E-state index contributed by atoms with van der Waals surface area (Å²) in [6.07, 6.45) is -4.61. The summed E-state index contributed by atoms with van der Waals surface area (Å²) in [7, 11) is 0. The molecule has 1 rings (SSSR count). The van der Waals surface area contributed by atoms with Gasteiger partial charge in [0.25, 0.3) is 0 Å². The molecule has 0 bridgehead atoms. The second kappa shape index (κ2) is 9.26. The van der Waals surface area contributed by atoms with E-state index in [1.54, 1.807) is 0 Å². The molecule has 1 amide bonds. The van der Waals surface area contributed by atoms with E-state index in [0.717, 1.165) is 0 Å². The van der Waals surface area contributed by atoms with Crippen LogP contribution in [-0.4, -0.2) is 84.8 Å². The highest BCUT2D eigenvalue weighted by Crippen LogP contribution is 2.22. The number of nitrogens with one attached hydrogen (secondary N) is 1. The summed E-state index contributed by atoms with van der Waals surface area (Å²) in [5.74, 6) is -0.398. The van der Waals surface area contributed by atoms with Crippen LogP contribution in [0.1, 0.15) is 6.92 Å². The quantitative estimate of drug-likeness (QED) is 0.297. The van der Waals surface area contributed by atoms with E-state index in [1.165, 1.54) is 6.92 Å². The zero-order chi connectivity index (χ0) is 15.8. The number of nitrogens with two attached hydrogens (primary N) is 1. The number of aliphatic hydroxyl groups excluding tert-OH is 3. The van der Waals surface area contributed by atoms with Gasteiger partial charge in [-0.1, -0.05) is 0 Å². The minimum atomic E-state index is -1.32. The zero-order valence-corrected chi connectivity index (χ0v) is 12.0. The van der Waals surface area contributed by atoms with Gasteiger partial charge in [-0.15, -0.1) is 0 Å². The Kier molecular flexibility index (Phi) is 8.04. The lowest BCUT2D eigenvalue weighted by atomic mass is 9.97. The topological polar surface area (TPSA) is 144 Å². The molecule has 0 aromatic heterocycles. The van der Waals surface area contributed by atoms with Crippen LogP contribution in [0, 0.1) is 0 Å². The molecule has 1 aliphatic heterocycles. The largest absolute Gasteiger partial charge is 0.394 e. The summed E-state index contributed by atoms with van der Waals surface area (Å²) >= 11 is 0. The molecule has 124 valence electrons. The van der Waals surface area contributed by atoms with Crippen molar-refractivity contribution in [1.82, 2.24) is 5.32 Å². The van der Waals surface area contributed by atoms with Crippen LogP contribution in [0.25, 0.3) is 0 Å². The Morgan fingerprint density at radius 3 is 2.57 bits per heavy atom. The van der Waals surface area contributed by atoms with E-state index in [0.29, 0.717) is 13.2 Å². The van der Waals surface area contributed by atoms with Crippen molar-refractivity contribution in [3.8, 4) is 0 Å². The molecule has 21 heavy (non-hydrogen) atoms. The predicted molar refractivity (Wildman–Crippen MR) is 71.2 cm³/mol. The molecule has 0 unspecified atom stereocenters. The van der Waals surface area contributed by atoms with Gasteiger partial charge in [0.1, 0.15) is 24.4 Å². The molecule has 9 nitrogen and oxygen atoms in total. The average Bonchev–Trinajstić information content (AvgIpc) is 2.45. The number of carbonyl (C=O) groups is 1. The van der Waals surface area contributed by atoms with Crippen molar-refractivity contribution in [3.63, 3.8) is 0 Å². The Morgan fingerprint density at radius 1 is 1.29 bits per heavy atom. The van der Waals surface area contributed by atoms with Crippen LogP contribution in [0.2, 0.25) is 0 Å². The minimum Gasteiger partial charge on any atom is -0.394 e. The predicted octanol–water partition coefficient (Wildman–Crippen LogP) is -3.08. The van der Waals surface area contributed by atoms with Crippen LogP contribution >= 0.6 is 0 Å². The SMILES string of the molecule is CC(=O)N[C@@H]1[C@@H](OCCOCCN)O[C@H](CO)[C@H](O)[C@@H]1O. The summed E-state index contributed by atoms with van der Waals surface area (Å²) in [5, 5.41) is 31.4. The van der Waals surface area contributed by atoms with Crippen LogP contribution in [0.15, 0.2) is 0 Å². The van der Waals surface area contributed by atoms with Gasteiger partial charge in [-0.05, 0) is 0 Å². The highest BCUT2D eigenvalue weighted by atomic mass is 16.7. The molecule has 6 N–H and O–H groups in total. The molecule has 0 aliphatic carbocycles. The molecular weight excluding hydrogens is 284 g/mol. The van der Waals surface area contributed by atoms with Gasteiger partial charge in [0.05, 0.1) is 26.4 Å². The number of hydrogen-bond acceptors (Lipinski definition) is 8. The third-order valence-corrected chi connectivity index (χ3v) is 3.02. The second-order valence-electron chi connectivity index (χ2n) is 4.70. The third-order valence-electron chi connectivity index (χ3n) is 3.02. The number of hydrogen-bond donors (Lipinski definition) is 5. The molecule has 1 aliphatic rings. The van der Waals surface area contributed by atoms with E-state index >= 15 is 0 Å². The summed E-state index contributed by atoms with van der Waals surface area (Å²) in [6, 6.07) is -0.935. The van der Waals surface area contributed by atoms with Gasteiger partial charge < -0.3 is 40.6 Å². The monoisotopic (exact) mass is 308 g/mol. The molecule has 9 heteroatoms. The van der Waals surface area contributed by atoms with E-state index < -0.39 is 43.2 Å². The van der Waals surface area contributed by atoms with Crippen LogP contribution in [0.4, 0.5) is 0 Å². The summed E-state index contributed by atoms with van der Waals surface area (Å²) in [4.78, 5) is 11.2. The lowest BCUT2D eigenvalue weighted by molar-refractivity contribution is -0.272. The average molecular weight is 308 g/mol. The number of aliphatic hydroxyl groups is 3. The molecule has 1 heterocycles. The highest BCUT2D eigenvalue weighted by Gasteiger charge is 2.45. The van der Waals surface area contributed by atoms with E-state index in [2.05, 4.69) is 5.32 Å². The Hall–Kier alpha value is -0.810. The minimum absolute atomic E-state index is 0.154. The van der Waals surface area contributed by atoms with Crippen molar-refractivity contribution >= 4 is 5.91 Å². The third kappa shape index (κ3) is 5.47. The smallest absolute Gasteiger partial charge is 0.217 e. The Morgan fingerprint density at radius 2 is 2.00 bits per heavy atom. The molecule has 0 spiro atoms. The maximum Gasteiger partial charge on any atom is 0.217 e. The van der Waals surface area contributed by atoms with Crippen molar-refractivity contribution < 1.29 is 34.3 Å². The summed E-state index contributed by atoms with van der Waals surface area (Å²) in [5.41, 5.74) is 5.27. The van der Waals surface area contributed by atoms with Gasteiger partial charge in [-0.2, -0.15) is 0 Å². The molecule has 1 fully saturated rings. The van der Waals surface area contributed by atoms with E-state index in [1.807, 2.05) is 0 Å². The maximum absolute atomic E-state index is 11.2. The van der Waals surface area contributed by atoms with Crippen molar-refractivity contribution in [2.45, 2.75) is 37.6 Å². The maximum atomic E-state index is 11.2. The van der Waals surface area contributed by atoms with E-state index in [-0.39, 0.29) is 13.2 Å². The van der Waals surface area contributed by atoms with Gasteiger partial charge in [-0.3, -0.25) is 4.79 Å². The Bertz CT molecular complexity index is 318. The van der Waals surface area contributed by atoms with Crippen molar-refractivity contribution in [2.75, 3.05) is 33.0 Å². The molecule has 0 aromatic carbocycles. The number of amides is 1. The van der Waals surface area contributed by atoms with Crippen molar-refractivity contribution in [2.24, 2.45) is 5.73 Å². The molecule has 1 saturated heterocycles. The van der Waals surface area contributed by atoms with Gasteiger partial charge in [0, 0.05) is 13.5 Å². The molecule has 5 atom stereocenters. The normalized spacial score (nSPS) is 32.9. The number of rotatable bonds is 8. The van der Waals surface area contributed by atoms with Gasteiger partial charge in [0.15, 0.2) is 6.29 Å². The fourth-order valence-electron chi connectivity index (χ4n) is 2.02. The first kappa shape index (κ1) is 18.2. The van der Waals surface area contributed by atoms with Crippen LogP contribution < -0.4 is 11.1 Å². The molecule has 0 aromatic rings. The number of carbonyl (C=O) groups excluding carboxylic acids is 1. The first-order valence-corrected chi connectivity index (χ1v) is 6.80. The molecular formula is C12H24N2O7. The van der Waals surface area contributed by atoms with E-state index in [9.17, 15) is 15.0 Å². The van der Waals surface area contributed by atoms with Crippen LogP contribution in [-0.2, 0) is 19.0 Å². The highest BCUT2D eigenvalue weighted by molar-refractivity contribution is 5.73. The number of ether oxygens (including phenoxy) is 3. The molecule has 0 saturated carbocycles. The summed E-state index contributed by atoms with van der Waals surface area (Å²) < 4.78 is 15.9. The van der Waals surface area contributed by atoms with Crippen molar-refractivity contribution in [3.05, 3.63) is 0 Å². The fraction of sp³-hybridized carbons (Fsp3) is 0.917. The lowest BCUT2D eigenvalue weighted by Gasteiger charge is -2.42. The zero-order valence-electron chi connectivity index (χ0n) is 12.0. The van der Waals surface area contributed by atoms with Crippen LogP contribution in [0.3, 0.4) is 0 Å². The van der Waals surface area contributed by atoms with Gasteiger partial charge in [0.2, 0.25) is 5.91 Å². The second-order valence-corrected chi connectivity index (χ2v) is 4.70. The van der Waals surface area contributed by atoms with Crippen LogP contribution in [0.5, 0.6) is 0 Å². The lowest BCUT2D eigenvalue weighted by Crippen LogP contribution is -2.64. The first-order chi connectivity index (χ1) is 10.0. The fourth-order valence-corrected chi connectivity index (χ4v) is 2.02. The molecule has 0 radical (unpaired) electrons. The standard InChI is InChI=1S/C12H24N2O7/c1-7(16)14-9-11(18)10(17)8(6-15)21-12(9)20-5-4-19-3-2-13/h8-12,15,17-18H,2-6,13H2,1H3,(H,14,16)/t8-,9+,10+,11-,12+/m1/s1. The Balaban J connectivity index is 2.58. The van der Waals surface area contributed by atoms with Crippen molar-refractivity contribution in [1.29, 1.82) is 0 Å². The van der Waals surface area contributed by atoms with Gasteiger partial charge >= 0.3 is 0 Å². The Labute approximate surface area is 123 Å². The van der Waals surface area contributed by atoms with Gasteiger partial charge in [-0.25, -0.2) is 0 Å². The van der Waals surface area contributed by atoms with E-state index in [4.69, 9.17) is 25.1 Å². The summed E-state index contributed by atoms with van der Waals surface area (Å²) in [6.45, 7) is 2.01. The first-order valence-electron chi connectivity index (χ1n) is 6.80.